The predicted molar refractivity (Wildman–Crippen MR) is 92.2 cm³/mol. The maximum Gasteiger partial charge on any atom is 0.179 e. The van der Waals surface area contributed by atoms with Crippen LogP contribution in [0.5, 0.6) is 5.75 Å². The summed E-state index contributed by atoms with van der Waals surface area (Å²) in [5, 5.41) is 3.38. The Bertz CT molecular complexity index is 698. The number of fused-ring (bicyclic) bond motifs is 1. The molecule has 4 nitrogen and oxygen atoms in total. The minimum absolute atomic E-state index is 0.00838. The van der Waals surface area contributed by atoms with Gasteiger partial charge in [-0.05, 0) is 44.8 Å². The third kappa shape index (κ3) is 3.22. The molecule has 0 aliphatic carbocycles. The third-order valence-electron chi connectivity index (χ3n) is 4.34. The Morgan fingerprint density at radius 3 is 2.65 bits per heavy atom. The molecule has 0 aromatic heterocycles. The van der Waals surface area contributed by atoms with Gasteiger partial charge in [0, 0.05) is 5.56 Å². The molecular weight excluding hydrogens is 288 g/mol. The van der Waals surface area contributed by atoms with Gasteiger partial charge >= 0.3 is 0 Å². The van der Waals surface area contributed by atoms with E-state index in [2.05, 4.69) is 17.4 Å². The number of nitrogens with one attached hydrogen (secondary N) is 1. The summed E-state index contributed by atoms with van der Waals surface area (Å²) in [6.45, 7) is 2.61. The average molecular weight is 310 g/mol. The van der Waals surface area contributed by atoms with Crippen LogP contribution >= 0.6 is 0 Å². The van der Waals surface area contributed by atoms with Crippen molar-refractivity contribution in [1.82, 2.24) is 4.90 Å². The predicted octanol–water partition coefficient (Wildman–Crippen LogP) is 3.37. The summed E-state index contributed by atoms with van der Waals surface area (Å²) in [6, 6.07) is 15.6. The maximum atomic E-state index is 12.4. The Balaban J connectivity index is 1.80. The largest absolute Gasteiger partial charge is 0.482 e. The lowest BCUT2D eigenvalue weighted by Crippen LogP contribution is -2.33. The van der Waals surface area contributed by atoms with Crippen molar-refractivity contribution in [3.63, 3.8) is 0 Å². The number of ether oxygens (including phenoxy) is 1. The van der Waals surface area contributed by atoms with E-state index in [1.54, 1.807) is 0 Å². The number of benzene rings is 2. The Hall–Kier alpha value is -2.33. The standard InChI is InChI=1S/C19H22N2O2/c1-13(21(2)3)19(22)15-9-10-17-16(11-15)20-12-18(23-17)14-7-5-4-6-8-14/h4-11,13,18,20H,12H2,1-3H3. The molecule has 1 N–H and O–H groups in total. The molecular formula is C19H22N2O2. The first-order valence-corrected chi connectivity index (χ1v) is 7.86. The number of ketones is 1. The van der Waals surface area contributed by atoms with Gasteiger partial charge in [0.15, 0.2) is 5.78 Å². The van der Waals surface area contributed by atoms with Gasteiger partial charge in [0.2, 0.25) is 0 Å². The number of hydrogen-bond acceptors (Lipinski definition) is 4. The van der Waals surface area contributed by atoms with Gasteiger partial charge in [-0.1, -0.05) is 30.3 Å². The number of Topliss-reactive ketones (excluding diaryl/α,β-unsaturated/α-hetero) is 1. The molecule has 2 aromatic carbocycles. The van der Waals surface area contributed by atoms with Gasteiger partial charge in [-0.15, -0.1) is 0 Å². The minimum Gasteiger partial charge on any atom is -0.482 e. The van der Waals surface area contributed by atoms with E-state index in [1.165, 1.54) is 0 Å². The number of anilines is 1. The van der Waals surface area contributed by atoms with E-state index in [1.807, 2.05) is 62.3 Å². The smallest absolute Gasteiger partial charge is 0.179 e. The van der Waals surface area contributed by atoms with E-state index in [-0.39, 0.29) is 17.9 Å². The van der Waals surface area contributed by atoms with Gasteiger partial charge in [0.1, 0.15) is 11.9 Å². The minimum atomic E-state index is -0.144. The van der Waals surface area contributed by atoms with Gasteiger partial charge < -0.3 is 10.1 Å². The molecule has 0 spiro atoms. The molecule has 0 radical (unpaired) electrons. The number of carbonyl (C=O) groups is 1. The second-order valence-corrected chi connectivity index (χ2v) is 6.11. The van der Waals surface area contributed by atoms with Crippen molar-refractivity contribution in [2.75, 3.05) is 26.0 Å². The lowest BCUT2D eigenvalue weighted by Gasteiger charge is -2.28. The van der Waals surface area contributed by atoms with E-state index in [0.717, 1.165) is 17.0 Å². The number of rotatable bonds is 4. The van der Waals surface area contributed by atoms with Crippen molar-refractivity contribution in [1.29, 1.82) is 0 Å². The molecule has 2 atom stereocenters. The van der Waals surface area contributed by atoms with Crippen molar-refractivity contribution >= 4 is 11.5 Å². The number of likely N-dealkylation sites (N-methyl/N-ethyl adjacent to an activating group) is 1. The molecule has 0 amide bonds. The van der Waals surface area contributed by atoms with E-state index >= 15 is 0 Å². The van der Waals surface area contributed by atoms with E-state index in [4.69, 9.17) is 4.74 Å². The highest BCUT2D eigenvalue weighted by atomic mass is 16.5. The zero-order valence-electron chi connectivity index (χ0n) is 13.7. The van der Waals surface area contributed by atoms with Crippen LogP contribution in [0.4, 0.5) is 5.69 Å². The molecule has 1 aliphatic heterocycles. The molecule has 0 saturated heterocycles. The Labute approximate surface area is 137 Å². The number of carbonyl (C=O) groups excluding carboxylic acids is 1. The first kappa shape index (κ1) is 15.6. The van der Waals surface area contributed by atoms with Crippen LogP contribution in [0.25, 0.3) is 0 Å². The maximum absolute atomic E-state index is 12.4. The summed E-state index contributed by atoms with van der Waals surface area (Å²) < 4.78 is 6.08. The van der Waals surface area contributed by atoms with Crippen LogP contribution in [-0.4, -0.2) is 37.4 Å². The fourth-order valence-corrected chi connectivity index (χ4v) is 2.65. The normalized spacial score (nSPS) is 17.8. The molecule has 0 bridgehead atoms. The van der Waals surface area contributed by atoms with Crippen molar-refractivity contribution in [3.8, 4) is 5.75 Å². The summed E-state index contributed by atoms with van der Waals surface area (Å²) in [5.41, 5.74) is 2.74. The topological polar surface area (TPSA) is 41.6 Å². The average Bonchev–Trinajstić information content (AvgIpc) is 2.60. The van der Waals surface area contributed by atoms with Gasteiger partial charge in [-0.2, -0.15) is 0 Å². The molecule has 1 heterocycles. The molecule has 23 heavy (non-hydrogen) atoms. The highest BCUT2D eigenvalue weighted by Gasteiger charge is 2.23. The Morgan fingerprint density at radius 1 is 1.22 bits per heavy atom. The van der Waals surface area contributed by atoms with Crippen LogP contribution < -0.4 is 10.1 Å². The van der Waals surface area contributed by atoms with Crippen LogP contribution in [0, 0.1) is 0 Å². The van der Waals surface area contributed by atoms with Gasteiger partial charge in [-0.3, -0.25) is 9.69 Å². The quantitative estimate of drug-likeness (QED) is 0.879. The summed E-state index contributed by atoms with van der Waals surface area (Å²) in [5.74, 6) is 0.906. The van der Waals surface area contributed by atoms with Gasteiger partial charge in [-0.25, -0.2) is 0 Å². The van der Waals surface area contributed by atoms with E-state index < -0.39 is 0 Å². The number of nitrogens with zero attached hydrogens (tertiary/aromatic N) is 1. The van der Waals surface area contributed by atoms with Crippen LogP contribution in [0.15, 0.2) is 48.5 Å². The second kappa shape index (κ2) is 6.42. The summed E-state index contributed by atoms with van der Waals surface area (Å²) in [4.78, 5) is 14.4. The molecule has 0 saturated carbocycles. The van der Waals surface area contributed by atoms with Crippen LogP contribution in [-0.2, 0) is 0 Å². The van der Waals surface area contributed by atoms with Crippen molar-refractivity contribution in [2.45, 2.75) is 19.1 Å². The zero-order chi connectivity index (χ0) is 16.4. The highest BCUT2D eigenvalue weighted by Crippen LogP contribution is 2.35. The lowest BCUT2D eigenvalue weighted by molar-refractivity contribution is 0.0890. The van der Waals surface area contributed by atoms with Crippen molar-refractivity contribution in [2.24, 2.45) is 0 Å². The number of hydrogen-bond donors (Lipinski definition) is 1. The molecule has 3 rings (SSSR count). The molecule has 120 valence electrons. The van der Waals surface area contributed by atoms with E-state index in [0.29, 0.717) is 12.1 Å². The monoisotopic (exact) mass is 310 g/mol. The second-order valence-electron chi connectivity index (χ2n) is 6.11. The summed E-state index contributed by atoms with van der Waals surface area (Å²) >= 11 is 0. The first-order valence-electron chi connectivity index (χ1n) is 7.86. The fraction of sp³-hybridized carbons (Fsp3) is 0.316. The first-order chi connectivity index (χ1) is 11.1. The van der Waals surface area contributed by atoms with Crippen molar-refractivity contribution < 1.29 is 9.53 Å². The van der Waals surface area contributed by atoms with Gasteiger partial charge in [0.05, 0.1) is 18.3 Å². The molecule has 2 aromatic rings. The van der Waals surface area contributed by atoms with Crippen LogP contribution in [0.2, 0.25) is 0 Å². The molecule has 2 unspecified atom stereocenters. The summed E-state index contributed by atoms with van der Waals surface area (Å²) in [6.07, 6.45) is -0.00838. The molecule has 0 fully saturated rings. The van der Waals surface area contributed by atoms with Crippen molar-refractivity contribution in [3.05, 3.63) is 59.7 Å². The zero-order valence-corrected chi connectivity index (χ0v) is 13.7. The third-order valence-corrected chi connectivity index (χ3v) is 4.34. The molecule has 1 aliphatic rings. The summed E-state index contributed by atoms with van der Waals surface area (Å²) in [7, 11) is 3.82. The van der Waals surface area contributed by atoms with Gasteiger partial charge in [0.25, 0.3) is 0 Å². The lowest BCUT2D eigenvalue weighted by atomic mass is 10.0. The SMILES string of the molecule is CC(C(=O)c1ccc2c(c1)NCC(c1ccccc1)O2)N(C)C. The fourth-order valence-electron chi connectivity index (χ4n) is 2.65. The van der Waals surface area contributed by atoms with Crippen LogP contribution in [0.3, 0.4) is 0 Å². The van der Waals surface area contributed by atoms with Crippen LogP contribution in [0.1, 0.15) is 28.9 Å². The molecule has 4 heteroatoms. The highest BCUT2D eigenvalue weighted by molar-refractivity contribution is 6.00. The Morgan fingerprint density at radius 2 is 1.96 bits per heavy atom. The Kier molecular flexibility index (Phi) is 4.35. The van der Waals surface area contributed by atoms with E-state index in [9.17, 15) is 4.79 Å².